The lowest BCUT2D eigenvalue weighted by Crippen LogP contribution is -2.23. The van der Waals surface area contributed by atoms with Gasteiger partial charge in [-0.25, -0.2) is 9.78 Å². The number of methoxy groups -OCH3 is 1. The van der Waals surface area contributed by atoms with Crippen LogP contribution in [0.5, 0.6) is 5.88 Å². The normalized spacial score (nSPS) is 11.9. The minimum absolute atomic E-state index is 0.316. The number of aromatic nitrogens is 1. The first-order valence-corrected chi connectivity index (χ1v) is 4.61. The van der Waals surface area contributed by atoms with E-state index in [4.69, 9.17) is 15.2 Å². The summed E-state index contributed by atoms with van der Waals surface area (Å²) < 4.78 is 9.68. The van der Waals surface area contributed by atoms with Crippen LogP contribution in [0.3, 0.4) is 0 Å². The third kappa shape index (κ3) is 2.92. The minimum atomic E-state index is -0.789. The van der Waals surface area contributed by atoms with Crippen LogP contribution >= 0.6 is 0 Å². The number of nitrogens with zero attached hydrogens (tertiary/aromatic N) is 1. The zero-order valence-electron chi connectivity index (χ0n) is 8.77. The maximum Gasteiger partial charge on any atom is 0.327 e. The Morgan fingerprint density at radius 3 is 2.80 bits per heavy atom. The van der Waals surface area contributed by atoms with Gasteiger partial charge >= 0.3 is 5.97 Å². The lowest BCUT2D eigenvalue weighted by Gasteiger charge is -2.10. The number of hydrogen-bond donors (Lipinski definition) is 1. The molecule has 0 fully saturated rings. The first kappa shape index (κ1) is 11.5. The average molecular weight is 210 g/mol. The van der Waals surface area contributed by atoms with E-state index in [1.54, 1.807) is 19.1 Å². The zero-order chi connectivity index (χ0) is 11.3. The summed E-state index contributed by atoms with van der Waals surface area (Å²) >= 11 is 0. The van der Waals surface area contributed by atoms with Crippen LogP contribution in [0.1, 0.15) is 18.5 Å². The summed E-state index contributed by atoms with van der Waals surface area (Å²) in [4.78, 5) is 15.2. The number of pyridine rings is 1. The number of nitrogens with two attached hydrogens (primary N) is 1. The molecule has 1 rings (SSSR count). The van der Waals surface area contributed by atoms with Crippen molar-refractivity contribution >= 4 is 5.97 Å². The highest BCUT2D eigenvalue weighted by atomic mass is 16.5. The number of rotatable bonds is 4. The van der Waals surface area contributed by atoms with Crippen LogP contribution in [0.4, 0.5) is 0 Å². The van der Waals surface area contributed by atoms with Crippen molar-refractivity contribution in [1.82, 2.24) is 4.98 Å². The highest BCUT2D eigenvalue weighted by Crippen LogP contribution is 2.13. The largest absolute Gasteiger partial charge is 0.481 e. The molecule has 0 aliphatic carbocycles. The van der Waals surface area contributed by atoms with E-state index in [9.17, 15) is 4.79 Å². The summed E-state index contributed by atoms with van der Waals surface area (Å²) in [5, 5.41) is 0. The first-order valence-electron chi connectivity index (χ1n) is 4.61. The molecule has 0 spiro atoms. The van der Waals surface area contributed by atoms with Crippen LogP contribution in [0.15, 0.2) is 18.3 Å². The summed E-state index contributed by atoms with van der Waals surface area (Å²) in [5.41, 5.74) is 6.27. The Morgan fingerprint density at radius 1 is 1.60 bits per heavy atom. The van der Waals surface area contributed by atoms with Gasteiger partial charge in [0.2, 0.25) is 5.88 Å². The molecule has 1 heterocycles. The Hall–Kier alpha value is -1.62. The monoisotopic (exact) mass is 210 g/mol. The van der Waals surface area contributed by atoms with Gasteiger partial charge in [0.1, 0.15) is 6.04 Å². The molecule has 0 bridgehead atoms. The Balaban J connectivity index is 2.73. The molecule has 0 saturated heterocycles. The Morgan fingerprint density at radius 2 is 2.33 bits per heavy atom. The SMILES string of the molecule is CCOC(=O)C(N)c1ccc(OC)nc1. The van der Waals surface area contributed by atoms with E-state index in [1.165, 1.54) is 13.3 Å². The molecular weight excluding hydrogens is 196 g/mol. The van der Waals surface area contributed by atoms with Crippen LogP contribution < -0.4 is 10.5 Å². The van der Waals surface area contributed by atoms with E-state index in [2.05, 4.69) is 4.98 Å². The maximum atomic E-state index is 11.3. The fraction of sp³-hybridized carbons (Fsp3) is 0.400. The van der Waals surface area contributed by atoms with E-state index in [-0.39, 0.29) is 0 Å². The first-order chi connectivity index (χ1) is 7.19. The van der Waals surface area contributed by atoms with Gasteiger partial charge in [-0.15, -0.1) is 0 Å². The quantitative estimate of drug-likeness (QED) is 0.738. The lowest BCUT2D eigenvalue weighted by atomic mass is 10.1. The highest BCUT2D eigenvalue weighted by Gasteiger charge is 2.16. The van der Waals surface area contributed by atoms with Gasteiger partial charge in [-0.2, -0.15) is 0 Å². The molecule has 1 unspecified atom stereocenters. The van der Waals surface area contributed by atoms with Crippen molar-refractivity contribution in [2.75, 3.05) is 13.7 Å². The number of carbonyl (C=O) groups is 1. The predicted molar refractivity (Wildman–Crippen MR) is 54.4 cm³/mol. The second-order valence-electron chi connectivity index (χ2n) is 2.86. The lowest BCUT2D eigenvalue weighted by molar-refractivity contribution is -0.144. The van der Waals surface area contributed by atoms with Crippen LogP contribution in [0.25, 0.3) is 0 Å². The number of carbonyl (C=O) groups excluding carboxylic acids is 1. The van der Waals surface area contributed by atoms with E-state index < -0.39 is 12.0 Å². The van der Waals surface area contributed by atoms with Gasteiger partial charge in [0.05, 0.1) is 13.7 Å². The van der Waals surface area contributed by atoms with Gasteiger partial charge in [-0.1, -0.05) is 0 Å². The van der Waals surface area contributed by atoms with Crippen molar-refractivity contribution < 1.29 is 14.3 Å². The van der Waals surface area contributed by atoms with Gasteiger partial charge in [-0.05, 0) is 18.6 Å². The molecule has 2 N–H and O–H groups in total. The van der Waals surface area contributed by atoms with Crippen LogP contribution in [-0.4, -0.2) is 24.7 Å². The van der Waals surface area contributed by atoms with Gasteiger partial charge in [0, 0.05) is 12.3 Å². The van der Waals surface area contributed by atoms with Crippen molar-refractivity contribution in [3.8, 4) is 5.88 Å². The smallest absolute Gasteiger partial charge is 0.327 e. The highest BCUT2D eigenvalue weighted by molar-refractivity contribution is 5.77. The summed E-state index contributed by atoms with van der Waals surface area (Å²) in [5.74, 6) is 0.0271. The summed E-state index contributed by atoms with van der Waals surface area (Å²) in [6.45, 7) is 2.05. The maximum absolute atomic E-state index is 11.3. The van der Waals surface area contributed by atoms with Gasteiger partial charge < -0.3 is 15.2 Å². The van der Waals surface area contributed by atoms with E-state index in [1.807, 2.05) is 0 Å². The Kier molecular flexibility index (Phi) is 4.05. The minimum Gasteiger partial charge on any atom is -0.481 e. The van der Waals surface area contributed by atoms with Gasteiger partial charge in [-0.3, -0.25) is 0 Å². The molecule has 1 aromatic heterocycles. The molecule has 0 aliphatic heterocycles. The molecule has 0 amide bonds. The van der Waals surface area contributed by atoms with Crippen molar-refractivity contribution in [3.05, 3.63) is 23.9 Å². The van der Waals surface area contributed by atoms with Gasteiger partial charge in [0.15, 0.2) is 0 Å². The molecule has 1 atom stereocenters. The van der Waals surface area contributed by atoms with E-state index in [0.717, 1.165) is 0 Å². The number of ether oxygens (including phenoxy) is 2. The van der Waals surface area contributed by atoms with Gasteiger partial charge in [0.25, 0.3) is 0 Å². The molecular formula is C10H14N2O3. The van der Waals surface area contributed by atoms with Crippen molar-refractivity contribution in [2.45, 2.75) is 13.0 Å². The number of esters is 1. The van der Waals surface area contributed by atoms with Crippen molar-refractivity contribution in [1.29, 1.82) is 0 Å². The fourth-order valence-corrected chi connectivity index (χ4v) is 1.06. The summed E-state index contributed by atoms with van der Waals surface area (Å²) in [7, 11) is 1.52. The molecule has 15 heavy (non-hydrogen) atoms. The summed E-state index contributed by atoms with van der Waals surface area (Å²) in [6.07, 6.45) is 1.50. The number of hydrogen-bond acceptors (Lipinski definition) is 5. The van der Waals surface area contributed by atoms with E-state index >= 15 is 0 Å². The molecule has 0 aliphatic rings. The average Bonchev–Trinajstić information content (AvgIpc) is 2.28. The second kappa shape index (κ2) is 5.31. The van der Waals surface area contributed by atoms with Crippen molar-refractivity contribution in [2.24, 2.45) is 5.73 Å². The predicted octanol–water partition coefficient (Wildman–Crippen LogP) is 0.653. The molecule has 0 aromatic carbocycles. The Labute approximate surface area is 88.2 Å². The van der Waals surface area contributed by atoms with Crippen LogP contribution in [0.2, 0.25) is 0 Å². The van der Waals surface area contributed by atoms with Crippen molar-refractivity contribution in [3.63, 3.8) is 0 Å². The van der Waals surface area contributed by atoms with Crippen LogP contribution in [0, 0.1) is 0 Å². The molecule has 0 radical (unpaired) electrons. The summed E-state index contributed by atoms with van der Waals surface area (Å²) in [6, 6.07) is 2.55. The standard InChI is InChI=1S/C10H14N2O3/c1-3-15-10(13)9(11)7-4-5-8(14-2)12-6-7/h4-6,9H,3,11H2,1-2H3. The zero-order valence-corrected chi connectivity index (χ0v) is 8.77. The third-order valence-electron chi connectivity index (χ3n) is 1.87. The van der Waals surface area contributed by atoms with Crippen LogP contribution in [-0.2, 0) is 9.53 Å². The molecule has 82 valence electrons. The second-order valence-corrected chi connectivity index (χ2v) is 2.86. The van der Waals surface area contributed by atoms with E-state index in [0.29, 0.717) is 18.1 Å². The molecule has 5 nitrogen and oxygen atoms in total. The fourth-order valence-electron chi connectivity index (χ4n) is 1.06. The Bertz CT molecular complexity index is 324. The third-order valence-corrected chi connectivity index (χ3v) is 1.87. The molecule has 1 aromatic rings. The molecule has 0 saturated carbocycles. The molecule has 5 heteroatoms. The topological polar surface area (TPSA) is 74.4 Å².